The van der Waals surface area contributed by atoms with Crippen molar-refractivity contribution >= 4 is 17.5 Å². The van der Waals surface area contributed by atoms with Crippen LogP contribution in [0.1, 0.15) is 32.2 Å². The van der Waals surface area contributed by atoms with Crippen molar-refractivity contribution in [3.63, 3.8) is 0 Å². The van der Waals surface area contributed by atoms with Crippen molar-refractivity contribution in [3.05, 3.63) is 11.4 Å². The van der Waals surface area contributed by atoms with Gasteiger partial charge in [-0.1, -0.05) is 0 Å². The number of alkyl halides is 4. The van der Waals surface area contributed by atoms with E-state index in [1.54, 1.807) is 6.92 Å². The average molecular weight is 341 g/mol. The molecule has 0 atom stereocenters. The summed E-state index contributed by atoms with van der Waals surface area (Å²) in [7, 11) is 0. The maximum Gasteiger partial charge on any atom is 0.395 e. The molecule has 0 saturated carbocycles. The van der Waals surface area contributed by atoms with Crippen LogP contribution >= 0.6 is 11.6 Å². The molecule has 0 aromatic carbocycles. The normalized spacial score (nSPS) is 12.5. The van der Waals surface area contributed by atoms with Crippen LogP contribution < -0.4 is 0 Å². The molecule has 0 N–H and O–H groups in total. The van der Waals surface area contributed by atoms with Crippen LogP contribution in [0.2, 0.25) is 0 Å². The Balaban J connectivity index is 2.99. The molecule has 1 aromatic heterocycles. The van der Waals surface area contributed by atoms with E-state index in [9.17, 15) is 18.0 Å². The number of halogens is 4. The van der Waals surface area contributed by atoms with Gasteiger partial charge >= 0.3 is 6.18 Å². The van der Waals surface area contributed by atoms with Gasteiger partial charge in [0.05, 0.1) is 24.2 Å². The lowest BCUT2D eigenvalue weighted by molar-refractivity contribution is -0.216. The maximum absolute atomic E-state index is 13.0. The van der Waals surface area contributed by atoms with Crippen molar-refractivity contribution < 1.29 is 18.0 Å². The molecule has 22 heavy (non-hydrogen) atoms. The summed E-state index contributed by atoms with van der Waals surface area (Å²) in [6, 6.07) is 0. The molecule has 0 spiro atoms. The summed E-state index contributed by atoms with van der Waals surface area (Å²) >= 11 is 5.51. The molecule has 0 fully saturated rings. The number of nitrogens with zero attached hydrogens (tertiary/aromatic N) is 4. The van der Waals surface area contributed by atoms with Gasteiger partial charge in [-0.15, -0.1) is 11.6 Å². The zero-order valence-electron chi connectivity index (χ0n) is 13.0. The summed E-state index contributed by atoms with van der Waals surface area (Å²) in [5.41, 5.74) is -0.985. The zero-order chi connectivity index (χ0) is 17.1. The molecule has 0 aliphatic rings. The van der Waals surface area contributed by atoms with Crippen molar-refractivity contribution in [1.29, 1.82) is 0 Å². The Morgan fingerprint density at radius 3 is 2.32 bits per heavy atom. The molecule has 0 bridgehead atoms. The number of aryl methyl sites for hydroxylation is 2. The largest absolute Gasteiger partial charge is 0.395 e. The topological polar surface area (TPSA) is 51.0 Å². The Labute approximate surface area is 132 Å². The molecule has 9 heteroatoms. The van der Waals surface area contributed by atoms with Gasteiger partial charge in [-0.3, -0.25) is 4.79 Å². The van der Waals surface area contributed by atoms with Crippen LogP contribution in [0.3, 0.4) is 0 Å². The Bertz CT molecular complexity index is 528. The van der Waals surface area contributed by atoms with E-state index < -0.39 is 24.0 Å². The molecule has 1 amide bonds. The van der Waals surface area contributed by atoms with Gasteiger partial charge < -0.3 is 4.90 Å². The van der Waals surface area contributed by atoms with Gasteiger partial charge in [-0.25, -0.2) is 0 Å². The standard InChI is InChI=1S/C13H20ClF3N4O/c1-5-21-18-9(2)10(19-21)7-20(11(22)6-14)8-12(3,4)13(15,16)17/h5-8H2,1-4H3. The minimum absolute atomic E-state index is 0.0447. The third-order valence-corrected chi connectivity index (χ3v) is 3.59. The lowest BCUT2D eigenvalue weighted by atomic mass is 9.92. The van der Waals surface area contributed by atoms with Crippen molar-refractivity contribution in [2.24, 2.45) is 5.41 Å². The van der Waals surface area contributed by atoms with E-state index in [1.807, 2.05) is 6.92 Å². The first kappa shape index (κ1) is 18.7. The first-order valence-corrected chi connectivity index (χ1v) is 7.36. The van der Waals surface area contributed by atoms with E-state index in [2.05, 4.69) is 10.2 Å². The molecule has 1 aromatic rings. The second-order valence-electron chi connectivity index (χ2n) is 5.69. The Morgan fingerprint density at radius 1 is 1.32 bits per heavy atom. The molecule has 0 aliphatic heterocycles. The van der Waals surface area contributed by atoms with E-state index in [4.69, 9.17) is 11.6 Å². The summed E-state index contributed by atoms with van der Waals surface area (Å²) in [5.74, 6) is -0.945. The van der Waals surface area contributed by atoms with Gasteiger partial charge in [0.25, 0.3) is 0 Å². The van der Waals surface area contributed by atoms with Gasteiger partial charge in [-0.05, 0) is 27.7 Å². The van der Waals surface area contributed by atoms with Gasteiger partial charge in [0.15, 0.2) is 0 Å². The molecule has 1 rings (SSSR count). The monoisotopic (exact) mass is 340 g/mol. The smallest absolute Gasteiger partial charge is 0.335 e. The highest BCUT2D eigenvalue weighted by molar-refractivity contribution is 6.27. The lowest BCUT2D eigenvalue weighted by Crippen LogP contribution is -2.46. The third-order valence-electron chi connectivity index (χ3n) is 3.36. The van der Waals surface area contributed by atoms with Crippen molar-refractivity contribution in [3.8, 4) is 0 Å². The highest BCUT2D eigenvalue weighted by Crippen LogP contribution is 2.38. The van der Waals surface area contributed by atoms with Crippen molar-refractivity contribution in [1.82, 2.24) is 19.9 Å². The van der Waals surface area contributed by atoms with E-state index in [-0.39, 0.29) is 12.4 Å². The van der Waals surface area contributed by atoms with E-state index in [0.717, 1.165) is 18.7 Å². The first-order valence-electron chi connectivity index (χ1n) is 6.83. The molecule has 5 nitrogen and oxygen atoms in total. The fraction of sp³-hybridized carbons (Fsp3) is 0.769. The molecule has 126 valence electrons. The summed E-state index contributed by atoms with van der Waals surface area (Å²) in [4.78, 5) is 14.4. The van der Waals surface area contributed by atoms with Crippen LogP contribution in [0.25, 0.3) is 0 Å². The number of hydrogen-bond acceptors (Lipinski definition) is 3. The van der Waals surface area contributed by atoms with E-state index in [1.165, 1.54) is 4.80 Å². The SMILES string of the molecule is CCn1nc(C)c(CN(CC(C)(C)C(F)(F)F)C(=O)CCl)n1. The number of hydrogen-bond donors (Lipinski definition) is 0. The van der Waals surface area contributed by atoms with Crippen LogP contribution in [0, 0.1) is 12.3 Å². The summed E-state index contributed by atoms with van der Waals surface area (Å²) in [6.45, 7) is 5.66. The minimum Gasteiger partial charge on any atom is -0.335 e. The molecule has 0 aliphatic carbocycles. The van der Waals surface area contributed by atoms with Gasteiger partial charge in [0.2, 0.25) is 5.91 Å². The third kappa shape index (κ3) is 4.34. The van der Waals surface area contributed by atoms with E-state index in [0.29, 0.717) is 17.9 Å². The second-order valence-corrected chi connectivity index (χ2v) is 5.95. The van der Waals surface area contributed by atoms with E-state index >= 15 is 0 Å². The maximum atomic E-state index is 13.0. The van der Waals surface area contributed by atoms with Gasteiger partial charge in [-0.2, -0.15) is 28.2 Å². The first-order chi connectivity index (χ1) is 10.0. The second kappa shape index (κ2) is 6.85. The minimum atomic E-state index is -4.42. The van der Waals surface area contributed by atoms with Crippen LogP contribution in [-0.4, -0.2) is 44.4 Å². The fourth-order valence-corrected chi connectivity index (χ4v) is 1.99. The molecule has 0 radical (unpaired) electrons. The molecular weight excluding hydrogens is 321 g/mol. The molecule has 0 unspecified atom stereocenters. The Morgan fingerprint density at radius 2 is 1.91 bits per heavy atom. The average Bonchev–Trinajstić information content (AvgIpc) is 2.76. The Hall–Kier alpha value is -1.31. The molecule has 0 saturated heterocycles. The number of rotatable bonds is 6. The number of carbonyl (C=O) groups excluding carboxylic acids is 1. The lowest BCUT2D eigenvalue weighted by Gasteiger charge is -2.33. The summed E-state index contributed by atoms with van der Waals surface area (Å²) in [6.07, 6.45) is -4.42. The molecule has 1 heterocycles. The number of amides is 1. The highest BCUT2D eigenvalue weighted by atomic mass is 35.5. The number of carbonyl (C=O) groups is 1. The van der Waals surface area contributed by atoms with Gasteiger partial charge in [0, 0.05) is 6.54 Å². The van der Waals surface area contributed by atoms with Crippen molar-refractivity contribution in [2.45, 2.75) is 47.0 Å². The number of aromatic nitrogens is 3. The van der Waals surface area contributed by atoms with Crippen LogP contribution in [-0.2, 0) is 17.9 Å². The predicted molar refractivity (Wildman–Crippen MR) is 76.4 cm³/mol. The zero-order valence-corrected chi connectivity index (χ0v) is 13.8. The quantitative estimate of drug-likeness (QED) is 0.748. The predicted octanol–water partition coefficient (Wildman–Crippen LogP) is 2.76. The summed E-state index contributed by atoms with van der Waals surface area (Å²) < 4.78 is 39.1. The van der Waals surface area contributed by atoms with Crippen LogP contribution in [0.15, 0.2) is 0 Å². The van der Waals surface area contributed by atoms with Crippen molar-refractivity contribution in [2.75, 3.05) is 12.4 Å². The van der Waals surface area contributed by atoms with Gasteiger partial charge in [0.1, 0.15) is 11.6 Å². The Kier molecular flexibility index (Phi) is 5.83. The van der Waals surface area contributed by atoms with Crippen LogP contribution in [0.4, 0.5) is 13.2 Å². The van der Waals surface area contributed by atoms with Crippen LogP contribution in [0.5, 0.6) is 0 Å². The highest BCUT2D eigenvalue weighted by Gasteiger charge is 2.48. The fourth-order valence-electron chi connectivity index (χ4n) is 1.82. The summed E-state index contributed by atoms with van der Waals surface area (Å²) in [5, 5.41) is 8.29. The molecular formula is C13H20ClF3N4O.